The Bertz CT molecular complexity index is 718. The molecule has 2 aromatic rings. The summed E-state index contributed by atoms with van der Waals surface area (Å²) in [6, 6.07) is 11.0. The van der Waals surface area contributed by atoms with Crippen molar-refractivity contribution in [2.24, 2.45) is 0 Å². The van der Waals surface area contributed by atoms with Crippen molar-refractivity contribution < 1.29 is 4.57 Å². The van der Waals surface area contributed by atoms with Crippen molar-refractivity contribution in [2.75, 3.05) is 0 Å². The molecule has 0 atom stereocenters. The molecule has 0 fully saturated rings. The normalized spacial score (nSPS) is 11.4. The molecule has 0 aliphatic carbocycles. The molecule has 0 saturated carbocycles. The second-order valence-electron chi connectivity index (χ2n) is 10.7. The van der Waals surface area contributed by atoms with Crippen LogP contribution < -0.4 is 4.57 Å². The van der Waals surface area contributed by atoms with Gasteiger partial charge in [-0.15, -0.1) is 0 Å². The summed E-state index contributed by atoms with van der Waals surface area (Å²) in [6.45, 7) is 6.87. The standard InChI is InChI=1S/C33H57N2/c1-3-5-7-9-10-11-12-13-14-15-16-17-18-19-20-25-29-35-31-30-34(28-24-8-6-4-2)33(35)32-26-22-21-23-27-32/h21-23,26-27,30-31H,3-20,24-25,28-29H2,1-2H3/q+1. The van der Waals surface area contributed by atoms with E-state index in [4.69, 9.17) is 0 Å². The van der Waals surface area contributed by atoms with Gasteiger partial charge in [-0.2, -0.15) is 0 Å². The van der Waals surface area contributed by atoms with Gasteiger partial charge in [0, 0.05) is 0 Å². The van der Waals surface area contributed by atoms with Crippen LogP contribution in [0.5, 0.6) is 0 Å². The quantitative estimate of drug-likeness (QED) is 0.110. The van der Waals surface area contributed by atoms with Crippen LogP contribution in [-0.2, 0) is 13.1 Å². The maximum absolute atomic E-state index is 2.50. The lowest BCUT2D eigenvalue weighted by molar-refractivity contribution is -0.686. The predicted molar refractivity (Wildman–Crippen MR) is 154 cm³/mol. The fourth-order valence-corrected chi connectivity index (χ4v) is 5.29. The predicted octanol–water partition coefficient (Wildman–Crippen LogP) is 10.3. The molecular formula is C33H57N2+. The van der Waals surface area contributed by atoms with E-state index < -0.39 is 0 Å². The van der Waals surface area contributed by atoms with Crippen molar-refractivity contribution in [1.82, 2.24) is 4.57 Å². The first-order chi connectivity index (χ1) is 17.4. The minimum Gasteiger partial charge on any atom is -0.230 e. The summed E-state index contributed by atoms with van der Waals surface area (Å²) < 4.78 is 4.98. The Kier molecular flexibility index (Phi) is 17.5. The van der Waals surface area contributed by atoms with E-state index in [1.165, 1.54) is 140 Å². The minimum atomic E-state index is 1.14. The number of hydrogen-bond acceptors (Lipinski definition) is 0. The Morgan fingerprint density at radius 2 is 1.00 bits per heavy atom. The second kappa shape index (κ2) is 20.6. The average molecular weight is 482 g/mol. The monoisotopic (exact) mass is 481 g/mol. The molecule has 35 heavy (non-hydrogen) atoms. The van der Waals surface area contributed by atoms with Crippen molar-refractivity contribution in [1.29, 1.82) is 0 Å². The molecule has 0 radical (unpaired) electrons. The lowest BCUT2D eigenvalue weighted by Crippen LogP contribution is -2.34. The Hall–Kier alpha value is -1.57. The first-order valence-corrected chi connectivity index (χ1v) is 15.5. The van der Waals surface area contributed by atoms with E-state index in [9.17, 15) is 0 Å². The van der Waals surface area contributed by atoms with Crippen molar-refractivity contribution >= 4 is 0 Å². The number of nitrogens with zero attached hydrogens (tertiary/aromatic N) is 2. The molecule has 2 rings (SSSR count). The maximum atomic E-state index is 2.50. The minimum absolute atomic E-state index is 1.14. The van der Waals surface area contributed by atoms with Gasteiger partial charge in [0.05, 0.1) is 18.7 Å². The van der Waals surface area contributed by atoms with E-state index in [-0.39, 0.29) is 0 Å². The van der Waals surface area contributed by atoms with Crippen molar-refractivity contribution in [3.05, 3.63) is 42.7 Å². The maximum Gasteiger partial charge on any atom is 0.288 e. The van der Waals surface area contributed by atoms with Gasteiger partial charge < -0.3 is 0 Å². The van der Waals surface area contributed by atoms with E-state index >= 15 is 0 Å². The smallest absolute Gasteiger partial charge is 0.230 e. The third-order valence-corrected chi connectivity index (χ3v) is 7.51. The van der Waals surface area contributed by atoms with Crippen LogP contribution in [-0.4, -0.2) is 4.57 Å². The van der Waals surface area contributed by atoms with Crippen molar-refractivity contribution in [3.8, 4) is 11.4 Å². The van der Waals surface area contributed by atoms with E-state index in [0.29, 0.717) is 0 Å². The average Bonchev–Trinajstić information content (AvgIpc) is 3.29. The van der Waals surface area contributed by atoms with Crippen molar-refractivity contribution in [3.63, 3.8) is 0 Å². The molecule has 0 N–H and O–H groups in total. The molecule has 0 spiro atoms. The van der Waals surface area contributed by atoms with Gasteiger partial charge in [-0.1, -0.05) is 135 Å². The molecule has 2 nitrogen and oxygen atoms in total. The molecule has 0 aliphatic rings. The van der Waals surface area contributed by atoms with Gasteiger partial charge in [-0.05, 0) is 37.8 Å². The zero-order valence-corrected chi connectivity index (χ0v) is 23.5. The zero-order valence-electron chi connectivity index (χ0n) is 23.5. The molecule has 0 unspecified atom stereocenters. The van der Waals surface area contributed by atoms with E-state index in [1.54, 1.807) is 0 Å². The van der Waals surface area contributed by atoms with Crippen LogP contribution in [0.2, 0.25) is 0 Å². The number of unbranched alkanes of at least 4 members (excludes halogenated alkanes) is 18. The van der Waals surface area contributed by atoms with Gasteiger partial charge in [0.2, 0.25) is 0 Å². The summed E-state index contributed by atoms with van der Waals surface area (Å²) in [6.07, 6.45) is 32.7. The number of hydrogen-bond donors (Lipinski definition) is 0. The van der Waals surface area contributed by atoms with Gasteiger partial charge in [0.1, 0.15) is 12.4 Å². The number of aromatic nitrogens is 2. The molecule has 0 saturated heterocycles. The van der Waals surface area contributed by atoms with Crippen LogP contribution in [0, 0.1) is 0 Å². The van der Waals surface area contributed by atoms with Gasteiger partial charge in [-0.25, -0.2) is 9.13 Å². The molecular weight excluding hydrogens is 424 g/mol. The Balaban J connectivity index is 1.55. The lowest BCUT2D eigenvalue weighted by Gasteiger charge is -2.06. The second-order valence-corrected chi connectivity index (χ2v) is 10.7. The van der Waals surface area contributed by atoms with E-state index in [0.717, 1.165) is 13.1 Å². The Labute approximate surface area is 218 Å². The summed E-state index contributed by atoms with van der Waals surface area (Å²) >= 11 is 0. The molecule has 198 valence electrons. The number of aryl methyl sites for hydroxylation is 2. The molecule has 1 aromatic heterocycles. The first-order valence-electron chi connectivity index (χ1n) is 15.5. The van der Waals surface area contributed by atoms with Crippen molar-refractivity contribution in [2.45, 2.75) is 155 Å². The highest BCUT2D eigenvalue weighted by Crippen LogP contribution is 2.18. The van der Waals surface area contributed by atoms with Crippen LogP contribution in [0.1, 0.15) is 142 Å². The highest BCUT2D eigenvalue weighted by atomic mass is 15.1. The Morgan fingerprint density at radius 1 is 0.543 bits per heavy atom. The van der Waals surface area contributed by atoms with Crippen LogP contribution in [0.15, 0.2) is 42.7 Å². The molecule has 1 heterocycles. The first kappa shape index (κ1) is 29.7. The SMILES string of the molecule is CCCCCCCCCCCCCCCCCC[n+]1ccn(CCCCCC)c1-c1ccccc1. The van der Waals surface area contributed by atoms with Crippen LogP contribution in [0.3, 0.4) is 0 Å². The van der Waals surface area contributed by atoms with Gasteiger partial charge in [0.25, 0.3) is 5.82 Å². The molecule has 0 bridgehead atoms. The summed E-state index contributed by atoms with van der Waals surface area (Å²) in [7, 11) is 0. The summed E-state index contributed by atoms with van der Waals surface area (Å²) in [4.78, 5) is 0. The van der Waals surface area contributed by atoms with Gasteiger partial charge in [-0.3, -0.25) is 0 Å². The third kappa shape index (κ3) is 13.3. The summed E-state index contributed by atoms with van der Waals surface area (Å²) in [5, 5.41) is 0. The third-order valence-electron chi connectivity index (χ3n) is 7.51. The zero-order chi connectivity index (χ0) is 24.8. The topological polar surface area (TPSA) is 8.81 Å². The lowest BCUT2D eigenvalue weighted by atomic mass is 10.0. The molecule has 0 aliphatic heterocycles. The largest absolute Gasteiger partial charge is 0.288 e. The fourth-order valence-electron chi connectivity index (χ4n) is 5.29. The van der Waals surface area contributed by atoms with E-state index in [2.05, 4.69) is 65.7 Å². The summed E-state index contributed by atoms with van der Waals surface area (Å²) in [5.41, 5.74) is 1.35. The fraction of sp³-hybridized carbons (Fsp3) is 0.727. The molecule has 2 heteroatoms. The number of benzene rings is 1. The molecule has 0 amide bonds. The number of imidazole rings is 1. The van der Waals surface area contributed by atoms with Crippen LogP contribution >= 0.6 is 0 Å². The van der Waals surface area contributed by atoms with Gasteiger partial charge >= 0.3 is 0 Å². The summed E-state index contributed by atoms with van der Waals surface area (Å²) in [5.74, 6) is 1.39. The van der Waals surface area contributed by atoms with Crippen LogP contribution in [0.25, 0.3) is 11.4 Å². The number of rotatable bonds is 23. The van der Waals surface area contributed by atoms with Gasteiger partial charge in [0.15, 0.2) is 0 Å². The Morgan fingerprint density at radius 3 is 1.51 bits per heavy atom. The molecule has 1 aromatic carbocycles. The van der Waals surface area contributed by atoms with E-state index in [1.807, 2.05) is 0 Å². The van der Waals surface area contributed by atoms with Crippen LogP contribution in [0.4, 0.5) is 0 Å². The highest BCUT2D eigenvalue weighted by molar-refractivity contribution is 5.52. The highest BCUT2D eigenvalue weighted by Gasteiger charge is 2.18.